The molecule has 1 saturated heterocycles. The second-order valence-corrected chi connectivity index (χ2v) is 9.05. The summed E-state index contributed by atoms with van der Waals surface area (Å²) in [4.78, 5) is 28.4. The molecule has 1 aliphatic rings. The predicted octanol–water partition coefficient (Wildman–Crippen LogP) is 5.69. The Morgan fingerprint density at radius 1 is 1.03 bits per heavy atom. The fourth-order valence-corrected chi connectivity index (χ4v) is 4.90. The van der Waals surface area contributed by atoms with Crippen LogP contribution in [0, 0.1) is 0 Å². The number of ether oxygens (including phenoxy) is 2. The van der Waals surface area contributed by atoms with Gasteiger partial charge in [0.25, 0.3) is 11.7 Å². The average Bonchev–Trinajstić information content (AvgIpc) is 3.43. The molecule has 0 bridgehead atoms. The first kappa shape index (κ1) is 23.2. The number of carbonyl (C=O) groups excluding carboxylic acids is 2. The van der Waals surface area contributed by atoms with Crippen molar-refractivity contribution in [2.75, 3.05) is 14.2 Å². The highest BCUT2D eigenvalue weighted by molar-refractivity contribution is 7.10. The van der Waals surface area contributed by atoms with Crippen LogP contribution in [0.3, 0.4) is 0 Å². The number of thiophene rings is 1. The van der Waals surface area contributed by atoms with Crippen molar-refractivity contribution < 1.29 is 24.2 Å². The van der Waals surface area contributed by atoms with E-state index in [0.717, 1.165) is 10.4 Å². The molecule has 1 atom stereocenters. The van der Waals surface area contributed by atoms with E-state index in [1.165, 1.54) is 42.6 Å². The molecule has 0 aliphatic carbocycles. The van der Waals surface area contributed by atoms with Crippen LogP contribution < -0.4 is 9.47 Å². The van der Waals surface area contributed by atoms with E-state index in [9.17, 15) is 14.7 Å². The summed E-state index contributed by atoms with van der Waals surface area (Å²) >= 11 is 13.5. The van der Waals surface area contributed by atoms with Gasteiger partial charge in [-0.3, -0.25) is 9.59 Å². The lowest BCUT2D eigenvalue weighted by Crippen LogP contribution is -2.28. The Labute approximate surface area is 204 Å². The zero-order chi connectivity index (χ0) is 23.7. The number of likely N-dealkylation sites (tertiary alicyclic amines) is 1. The van der Waals surface area contributed by atoms with Crippen molar-refractivity contribution in [3.8, 4) is 11.5 Å². The number of hydrogen-bond acceptors (Lipinski definition) is 6. The van der Waals surface area contributed by atoms with Crippen LogP contribution in [0.2, 0.25) is 10.0 Å². The molecule has 1 fully saturated rings. The number of hydrogen-bond donors (Lipinski definition) is 1. The standard InChI is InChI=1S/C24H19Cl2NO5S/c1-31-17-8-5-13(10-18(17)32-2)12-27-21(19-4-3-9-33-19)20(23(29)24(27)30)22(28)14-6-7-15(25)16(26)11-14/h3-11,21,28H,12H2,1-2H3/b22-20-. The zero-order valence-electron chi connectivity index (χ0n) is 17.7. The Hall–Kier alpha value is -3.00. The molecule has 4 rings (SSSR count). The van der Waals surface area contributed by atoms with Crippen molar-refractivity contribution in [3.05, 3.63) is 85.5 Å². The van der Waals surface area contributed by atoms with Gasteiger partial charge >= 0.3 is 0 Å². The Kier molecular flexibility index (Phi) is 6.65. The molecule has 6 nitrogen and oxygen atoms in total. The topological polar surface area (TPSA) is 76.1 Å². The maximum atomic E-state index is 13.1. The number of Topliss-reactive ketones (excluding diaryl/α,β-unsaturated/α-hetero) is 1. The fraction of sp³-hybridized carbons (Fsp3) is 0.167. The lowest BCUT2D eigenvalue weighted by molar-refractivity contribution is -0.140. The Morgan fingerprint density at radius 2 is 1.79 bits per heavy atom. The van der Waals surface area contributed by atoms with Gasteiger partial charge in [0.2, 0.25) is 0 Å². The lowest BCUT2D eigenvalue weighted by atomic mass is 9.99. The molecule has 170 valence electrons. The van der Waals surface area contributed by atoms with E-state index in [0.29, 0.717) is 22.1 Å². The molecule has 0 radical (unpaired) electrons. The van der Waals surface area contributed by atoms with Crippen LogP contribution in [0.25, 0.3) is 5.76 Å². The number of aliphatic hydroxyl groups is 1. The van der Waals surface area contributed by atoms with Crippen molar-refractivity contribution >= 4 is 52.0 Å². The van der Waals surface area contributed by atoms with E-state index >= 15 is 0 Å². The Morgan fingerprint density at radius 3 is 2.42 bits per heavy atom. The molecule has 2 heterocycles. The van der Waals surface area contributed by atoms with Gasteiger partial charge < -0.3 is 19.5 Å². The minimum atomic E-state index is -0.766. The molecule has 33 heavy (non-hydrogen) atoms. The lowest BCUT2D eigenvalue weighted by Gasteiger charge is -2.24. The van der Waals surface area contributed by atoms with Gasteiger partial charge in [0, 0.05) is 17.0 Å². The van der Waals surface area contributed by atoms with Crippen molar-refractivity contribution in [3.63, 3.8) is 0 Å². The summed E-state index contributed by atoms with van der Waals surface area (Å²) in [6.45, 7) is 0.131. The van der Waals surface area contributed by atoms with E-state index in [-0.39, 0.29) is 22.9 Å². The minimum absolute atomic E-state index is 0.00122. The summed E-state index contributed by atoms with van der Waals surface area (Å²) in [6.07, 6.45) is 0. The number of aliphatic hydroxyl groups excluding tert-OH is 1. The molecule has 1 aromatic heterocycles. The first-order valence-corrected chi connectivity index (χ1v) is 11.5. The molecular formula is C24H19Cl2NO5S. The normalized spacial score (nSPS) is 17.5. The molecule has 1 aliphatic heterocycles. The zero-order valence-corrected chi connectivity index (χ0v) is 20.0. The fourth-order valence-electron chi connectivity index (χ4n) is 3.76. The maximum absolute atomic E-state index is 13.1. The highest BCUT2D eigenvalue weighted by Gasteiger charge is 2.46. The summed E-state index contributed by atoms with van der Waals surface area (Å²) in [5, 5.41) is 13.5. The van der Waals surface area contributed by atoms with Crippen molar-refractivity contribution in [1.29, 1.82) is 0 Å². The molecule has 1 N–H and O–H groups in total. The molecule has 2 aromatic carbocycles. The van der Waals surface area contributed by atoms with Crippen LogP contribution in [-0.4, -0.2) is 35.9 Å². The van der Waals surface area contributed by atoms with E-state index in [4.69, 9.17) is 32.7 Å². The van der Waals surface area contributed by atoms with Gasteiger partial charge in [0.1, 0.15) is 5.76 Å². The summed E-state index contributed by atoms with van der Waals surface area (Å²) in [6, 6.07) is 12.7. The van der Waals surface area contributed by atoms with Crippen LogP contribution in [0.15, 0.2) is 59.5 Å². The molecule has 9 heteroatoms. The van der Waals surface area contributed by atoms with Crippen molar-refractivity contribution in [1.82, 2.24) is 4.90 Å². The van der Waals surface area contributed by atoms with E-state index in [1.54, 1.807) is 24.3 Å². The number of benzene rings is 2. The third kappa shape index (κ3) is 4.31. The van der Waals surface area contributed by atoms with Gasteiger partial charge in [-0.2, -0.15) is 0 Å². The van der Waals surface area contributed by atoms with Crippen molar-refractivity contribution in [2.45, 2.75) is 12.6 Å². The SMILES string of the molecule is COc1ccc(CN2C(=O)C(=O)/C(=C(\O)c3ccc(Cl)c(Cl)c3)C2c2cccs2)cc1OC. The maximum Gasteiger partial charge on any atom is 0.295 e. The van der Waals surface area contributed by atoms with Gasteiger partial charge in [0.05, 0.1) is 35.9 Å². The quantitative estimate of drug-likeness (QED) is 0.265. The smallest absolute Gasteiger partial charge is 0.295 e. The molecule has 0 spiro atoms. The highest BCUT2D eigenvalue weighted by Crippen LogP contribution is 2.42. The second kappa shape index (κ2) is 9.47. The van der Waals surface area contributed by atoms with Crippen LogP contribution in [0.5, 0.6) is 11.5 Å². The highest BCUT2D eigenvalue weighted by atomic mass is 35.5. The molecular weight excluding hydrogens is 485 g/mol. The molecule has 0 saturated carbocycles. The first-order valence-electron chi connectivity index (χ1n) is 9.83. The van der Waals surface area contributed by atoms with Gasteiger partial charge in [-0.1, -0.05) is 35.3 Å². The van der Waals surface area contributed by atoms with Crippen molar-refractivity contribution in [2.24, 2.45) is 0 Å². The molecule has 1 unspecified atom stereocenters. The summed E-state index contributed by atoms with van der Waals surface area (Å²) in [5.41, 5.74) is 1.04. The number of methoxy groups -OCH3 is 2. The van der Waals surface area contributed by atoms with Gasteiger partial charge in [-0.15, -0.1) is 11.3 Å². The third-order valence-electron chi connectivity index (χ3n) is 5.35. The summed E-state index contributed by atoms with van der Waals surface area (Å²) in [7, 11) is 3.06. The number of nitrogens with zero attached hydrogens (tertiary/aromatic N) is 1. The number of ketones is 1. The van der Waals surface area contributed by atoms with Crippen LogP contribution >= 0.6 is 34.5 Å². The van der Waals surface area contributed by atoms with E-state index < -0.39 is 17.7 Å². The Balaban J connectivity index is 1.81. The van der Waals surface area contributed by atoms with Crippen LogP contribution in [-0.2, 0) is 16.1 Å². The third-order valence-corrected chi connectivity index (χ3v) is 7.01. The van der Waals surface area contributed by atoms with Crippen LogP contribution in [0.1, 0.15) is 22.0 Å². The van der Waals surface area contributed by atoms with Gasteiger partial charge in [0.15, 0.2) is 11.5 Å². The van der Waals surface area contributed by atoms with E-state index in [1.807, 2.05) is 17.5 Å². The number of carbonyl (C=O) groups is 2. The van der Waals surface area contributed by atoms with Gasteiger partial charge in [-0.05, 0) is 47.3 Å². The average molecular weight is 504 g/mol. The number of rotatable bonds is 6. The van der Waals surface area contributed by atoms with Crippen LogP contribution in [0.4, 0.5) is 0 Å². The second-order valence-electron chi connectivity index (χ2n) is 7.26. The monoisotopic (exact) mass is 503 g/mol. The molecule has 3 aromatic rings. The Bertz CT molecular complexity index is 1260. The largest absolute Gasteiger partial charge is 0.507 e. The number of amides is 1. The minimum Gasteiger partial charge on any atom is -0.507 e. The van der Waals surface area contributed by atoms with Gasteiger partial charge in [-0.25, -0.2) is 0 Å². The predicted molar refractivity (Wildman–Crippen MR) is 128 cm³/mol. The first-order chi connectivity index (χ1) is 15.8. The summed E-state index contributed by atoms with van der Waals surface area (Å²) in [5.74, 6) is -0.713. The number of halogens is 2. The van der Waals surface area contributed by atoms with E-state index in [2.05, 4.69) is 0 Å². The molecule has 1 amide bonds. The summed E-state index contributed by atoms with van der Waals surface area (Å²) < 4.78 is 10.6.